The summed E-state index contributed by atoms with van der Waals surface area (Å²) in [4.78, 5) is 0.421. The third kappa shape index (κ3) is 3.76. The summed E-state index contributed by atoms with van der Waals surface area (Å²) in [5, 5.41) is 0. The molecule has 4 nitrogen and oxygen atoms in total. The third-order valence-electron chi connectivity index (χ3n) is 2.55. The first kappa shape index (κ1) is 15.1. The summed E-state index contributed by atoms with van der Waals surface area (Å²) in [5.41, 5.74) is 6.49. The van der Waals surface area contributed by atoms with E-state index in [2.05, 4.69) is 6.92 Å². The van der Waals surface area contributed by atoms with Crippen molar-refractivity contribution in [2.45, 2.75) is 24.7 Å². The van der Waals surface area contributed by atoms with Gasteiger partial charge in [0.25, 0.3) is 0 Å². The summed E-state index contributed by atoms with van der Waals surface area (Å²) in [5.74, 6) is 0. The van der Waals surface area contributed by atoms with Crippen molar-refractivity contribution in [2.24, 2.45) is 5.73 Å². The normalized spacial score (nSPS) is 11.7. The standard InChI is InChI=1S/C12H18N2O2S2/c1-3-4-10-5-7-11(8-6-10)18(15,16)14(2)9-12(13)17/h5-8H,3-4,9H2,1-2H3,(H2,13,17). The summed E-state index contributed by atoms with van der Waals surface area (Å²) in [7, 11) is -2.03. The number of aryl methyl sites for hydroxylation is 1. The molecule has 2 N–H and O–H groups in total. The van der Waals surface area contributed by atoms with Crippen LogP contribution >= 0.6 is 12.2 Å². The summed E-state index contributed by atoms with van der Waals surface area (Å²) >= 11 is 4.72. The maximum absolute atomic E-state index is 12.1. The lowest BCUT2D eigenvalue weighted by Crippen LogP contribution is -2.34. The molecule has 1 rings (SSSR count). The van der Waals surface area contributed by atoms with Crippen molar-refractivity contribution in [1.82, 2.24) is 4.31 Å². The summed E-state index contributed by atoms with van der Waals surface area (Å²) < 4.78 is 25.5. The molecule has 1 aromatic rings. The number of rotatable bonds is 6. The number of nitrogens with two attached hydrogens (primary N) is 1. The Morgan fingerprint density at radius 2 is 1.89 bits per heavy atom. The van der Waals surface area contributed by atoms with Gasteiger partial charge in [0, 0.05) is 7.05 Å². The highest BCUT2D eigenvalue weighted by Crippen LogP contribution is 2.15. The van der Waals surface area contributed by atoms with Gasteiger partial charge in [0.2, 0.25) is 10.0 Å². The van der Waals surface area contributed by atoms with E-state index < -0.39 is 10.0 Å². The Morgan fingerprint density at radius 1 is 1.33 bits per heavy atom. The van der Waals surface area contributed by atoms with Crippen LogP contribution in [0, 0.1) is 0 Å². The number of hydrogen-bond acceptors (Lipinski definition) is 3. The van der Waals surface area contributed by atoms with E-state index in [4.69, 9.17) is 18.0 Å². The van der Waals surface area contributed by atoms with E-state index in [-0.39, 0.29) is 16.4 Å². The highest BCUT2D eigenvalue weighted by atomic mass is 32.2. The molecule has 0 saturated heterocycles. The summed E-state index contributed by atoms with van der Waals surface area (Å²) in [6.45, 7) is 2.13. The first-order chi connectivity index (χ1) is 8.37. The Morgan fingerprint density at radius 3 is 2.33 bits per heavy atom. The maximum atomic E-state index is 12.1. The van der Waals surface area contributed by atoms with Crippen LogP contribution in [0.2, 0.25) is 0 Å². The zero-order valence-electron chi connectivity index (χ0n) is 10.6. The first-order valence-electron chi connectivity index (χ1n) is 5.71. The Bertz CT molecular complexity index is 509. The van der Waals surface area contributed by atoms with Gasteiger partial charge in [0.15, 0.2) is 0 Å². The molecule has 0 aliphatic rings. The molecule has 0 radical (unpaired) electrons. The van der Waals surface area contributed by atoms with Crippen molar-refractivity contribution < 1.29 is 8.42 Å². The molecule has 0 aromatic heterocycles. The number of benzene rings is 1. The van der Waals surface area contributed by atoms with Crippen LogP contribution in [-0.4, -0.2) is 31.3 Å². The Labute approximate surface area is 114 Å². The van der Waals surface area contributed by atoms with E-state index in [1.54, 1.807) is 12.1 Å². The molecule has 0 bridgehead atoms. The van der Waals surface area contributed by atoms with Crippen molar-refractivity contribution in [2.75, 3.05) is 13.6 Å². The Hall–Kier alpha value is -0.980. The molecular weight excluding hydrogens is 268 g/mol. The Balaban J connectivity index is 2.94. The third-order valence-corrected chi connectivity index (χ3v) is 4.50. The summed E-state index contributed by atoms with van der Waals surface area (Å²) in [6.07, 6.45) is 1.98. The van der Waals surface area contributed by atoms with Crippen molar-refractivity contribution in [3.63, 3.8) is 0 Å². The zero-order chi connectivity index (χ0) is 13.8. The van der Waals surface area contributed by atoms with Crippen LogP contribution in [0.3, 0.4) is 0 Å². The second-order valence-corrected chi connectivity index (χ2v) is 6.69. The van der Waals surface area contributed by atoms with E-state index in [1.807, 2.05) is 12.1 Å². The highest BCUT2D eigenvalue weighted by Gasteiger charge is 2.20. The molecule has 0 saturated carbocycles. The van der Waals surface area contributed by atoms with Gasteiger partial charge in [-0.2, -0.15) is 4.31 Å². The van der Waals surface area contributed by atoms with Gasteiger partial charge in [-0.25, -0.2) is 8.42 Å². The smallest absolute Gasteiger partial charge is 0.243 e. The van der Waals surface area contributed by atoms with E-state index in [0.717, 1.165) is 22.7 Å². The van der Waals surface area contributed by atoms with Gasteiger partial charge >= 0.3 is 0 Å². The average Bonchev–Trinajstić information content (AvgIpc) is 2.29. The number of sulfonamides is 1. The molecule has 0 aliphatic carbocycles. The number of hydrogen-bond donors (Lipinski definition) is 1. The highest BCUT2D eigenvalue weighted by molar-refractivity contribution is 7.89. The predicted molar refractivity (Wildman–Crippen MR) is 77.0 cm³/mol. The van der Waals surface area contributed by atoms with Crippen LogP contribution in [0.15, 0.2) is 29.2 Å². The van der Waals surface area contributed by atoms with Crippen LogP contribution < -0.4 is 5.73 Å². The molecule has 18 heavy (non-hydrogen) atoms. The fourth-order valence-electron chi connectivity index (χ4n) is 1.60. The monoisotopic (exact) mass is 286 g/mol. The lowest BCUT2D eigenvalue weighted by atomic mass is 10.1. The quantitative estimate of drug-likeness (QED) is 0.806. The minimum Gasteiger partial charge on any atom is -0.392 e. The largest absolute Gasteiger partial charge is 0.392 e. The van der Waals surface area contributed by atoms with Crippen molar-refractivity contribution in [3.05, 3.63) is 29.8 Å². The lowest BCUT2D eigenvalue weighted by Gasteiger charge is -2.16. The van der Waals surface area contributed by atoms with Gasteiger partial charge in [-0.3, -0.25) is 0 Å². The predicted octanol–water partition coefficient (Wildman–Crippen LogP) is 1.55. The topological polar surface area (TPSA) is 63.4 Å². The van der Waals surface area contributed by atoms with Crippen LogP contribution in [0.5, 0.6) is 0 Å². The molecule has 0 heterocycles. The fraction of sp³-hybridized carbons (Fsp3) is 0.417. The van der Waals surface area contributed by atoms with Crippen molar-refractivity contribution >= 4 is 27.2 Å². The van der Waals surface area contributed by atoms with Gasteiger partial charge in [-0.15, -0.1) is 0 Å². The molecule has 0 amide bonds. The average molecular weight is 286 g/mol. The first-order valence-corrected chi connectivity index (χ1v) is 7.56. The minimum absolute atomic E-state index is 0.0500. The molecular formula is C12H18N2O2S2. The lowest BCUT2D eigenvalue weighted by molar-refractivity contribution is 0.506. The molecule has 6 heteroatoms. The molecule has 0 aliphatic heterocycles. The van der Waals surface area contributed by atoms with Gasteiger partial charge in [-0.1, -0.05) is 37.7 Å². The van der Waals surface area contributed by atoms with Crippen LogP contribution in [0.25, 0.3) is 0 Å². The molecule has 1 aromatic carbocycles. The fourth-order valence-corrected chi connectivity index (χ4v) is 3.03. The molecule has 100 valence electrons. The zero-order valence-corrected chi connectivity index (χ0v) is 12.2. The molecule has 0 fully saturated rings. The maximum Gasteiger partial charge on any atom is 0.243 e. The van der Waals surface area contributed by atoms with E-state index in [1.165, 1.54) is 7.05 Å². The van der Waals surface area contributed by atoms with Gasteiger partial charge in [0.1, 0.15) is 0 Å². The van der Waals surface area contributed by atoms with E-state index in [0.29, 0.717) is 0 Å². The number of thiocarbonyl (C=S) groups is 1. The number of nitrogens with zero attached hydrogens (tertiary/aromatic N) is 1. The SMILES string of the molecule is CCCc1ccc(S(=O)(=O)N(C)CC(N)=S)cc1. The number of likely N-dealkylation sites (N-methyl/N-ethyl adjacent to an activating group) is 1. The Kier molecular flexibility index (Phi) is 5.25. The van der Waals surface area contributed by atoms with Crippen LogP contribution in [0.4, 0.5) is 0 Å². The van der Waals surface area contributed by atoms with Crippen molar-refractivity contribution in [1.29, 1.82) is 0 Å². The molecule has 0 spiro atoms. The van der Waals surface area contributed by atoms with E-state index >= 15 is 0 Å². The van der Waals surface area contributed by atoms with E-state index in [9.17, 15) is 8.42 Å². The van der Waals surface area contributed by atoms with Crippen LogP contribution in [-0.2, 0) is 16.4 Å². The van der Waals surface area contributed by atoms with Crippen molar-refractivity contribution in [3.8, 4) is 0 Å². The van der Waals surface area contributed by atoms with Gasteiger partial charge in [0.05, 0.1) is 16.4 Å². The minimum atomic E-state index is -3.50. The van der Waals surface area contributed by atoms with Gasteiger partial charge in [-0.05, 0) is 24.1 Å². The molecule has 0 atom stereocenters. The van der Waals surface area contributed by atoms with Crippen LogP contribution in [0.1, 0.15) is 18.9 Å². The second kappa shape index (κ2) is 6.26. The summed E-state index contributed by atoms with van der Waals surface area (Å²) in [6, 6.07) is 6.92. The second-order valence-electron chi connectivity index (χ2n) is 4.12. The molecule has 0 unspecified atom stereocenters. The van der Waals surface area contributed by atoms with Gasteiger partial charge < -0.3 is 5.73 Å².